The molecule has 0 bridgehead atoms. The van der Waals surface area contributed by atoms with E-state index in [4.69, 9.17) is 0 Å². The number of allylic oxidation sites excluding steroid dienone is 1. The van der Waals surface area contributed by atoms with Crippen molar-refractivity contribution in [2.24, 2.45) is 0 Å². The SMILES string of the molecule is C=C(CCCC(C)N(C(=O)O)C(C)c1cccc2ccccc12)[Si](C)(C)C. The predicted molar refractivity (Wildman–Crippen MR) is 118 cm³/mol. The maximum atomic E-state index is 12.1. The first kappa shape index (κ1) is 21.2. The van der Waals surface area contributed by atoms with Crippen LogP contribution in [0.5, 0.6) is 0 Å². The Morgan fingerprint density at radius 3 is 2.37 bits per heavy atom. The zero-order valence-electron chi connectivity index (χ0n) is 17.3. The summed E-state index contributed by atoms with van der Waals surface area (Å²) in [7, 11) is -1.31. The topological polar surface area (TPSA) is 40.5 Å². The third-order valence-electron chi connectivity index (χ3n) is 5.55. The second-order valence-electron chi connectivity index (χ2n) is 8.53. The third kappa shape index (κ3) is 5.22. The molecule has 2 rings (SSSR count). The zero-order valence-corrected chi connectivity index (χ0v) is 18.3. The summed E-state index contributed by atoms with van der Waals surface area (Å²) in [6.07, 6.45) is 1.98. The summed E-state index contributed by atoms with van der Waals surface area (Å²) in [5, 5.41) is 13.5. The van der Waals surface area contributed by atoms with Gasteiger partial charge in [-0.3, -0.25) is 4.90 Å². The fourth-order valence-electron chi connectivity index (χ4n) is 3.63. The summed E-state index contributed by atoms with van der Waals surface area (Å²) in [5.74, 6) is 0. The van der Waals surface area contributed by atoms with Gasteiger partial charge in [0, 0.05) is 6.04 Å². The molecule has 2 atom stereocenters. The number of rotatable bonds is 8. The molecule has 2 aromatic rings. The molecular weight excluding hydrogens is 350 g/mol. The first-order valence-corrected chi connectivity index (χ1v) is 13.3. The average molecular weight is 384 g/mol. The first-order chi connectivity index (χ1) is 12.6. The summed E-state index contributed by atoms with van der Waals surface area (Å²) in [6, 6.07) is 14.1. The number of hydrogen-bond acceptors (Lipinski definition) is 1. The van der Waals surface area contributed by atoms with Crippen LogP contribution in [-0.4, -0.2) is 30.2 Å². The molecule has 2 aromatic carbocycles. The van der Waals surface area contributed by atoms with Crippen LogP contribution in [-0.2, 0) is 0 Å². The summed E-state index contributed by atoms with van der Waals surface area (Å²) < 4.78 is 0. The van der Waals surface area contributed by atoms with Crippen molar-refractivity contribution in [2.75, 3.05) is 0 Å². The van der Waals surface area contributed by atoms with Crippen LogP contribution in [0.15, 0.2) is 54.2 Å². The Morgan fingerprint density at radius 1 is 1.11 bits per heavy atom. The van der Waals surface area contributed by atoms with E-state index in [2.05, 4.69) is 44.4 Å². The van der Waals surface area contributed by atoms with E-state index in [0.717, 1.165) is 35.6 Å². The van der Waals surface area contributed by atoms with Crippen LogP contribution in [0.2, 0.25) is 19.6 Å². The van der Waals surface area contributed by atoms with Crippen LogP contribution < -0.4 is 0 Å². The Balaban J connectivity index is 2.16. The number of amides is 1. The van der Waals surface area contributed by atoms with Gasteiger partial charge >= 0.3 is 6.09 Å². The Bertz CT molecular complexity index is 804. The molecule has 3 nitrogen and oxygen atoms in total. The van der Waals surface area contributed by atoms with E-state index in [1.807, 2.05) is 38.1 Å². The molecule has 0 fully saturated rings. The van der Waals surface area contributed by atoms with E-state index in [9.17, 15) is 9.90 Å². The van der Waals surface area contributed by atoms with Crippen molar-refractivity contribution >= 4 is 24.9 Å². The average Bonchev–Trinajstić information content (AvgIpc) is 2.60. The Morgan fingerprint density at radius 2 is 1.74 bits per heavy atom. The molecule has 1 N–H and O–H groups in total. The van der Waals surface area contributed by atoms with Gasteiger partial charge in [0.25, 0.3) is 0 Å². The third-order valence-corrected chi connectivity index (χ3v) is 7.92. The van der Waals surface area contributed by atoms with Crippen LogP contribution in [0.25, 0.3) is 10.8 Å². The Labute approximate surface area is 164 Å². The molecule has 0 aromatic heterocycles. The lowest BCUT2D eigenvalue weighted by Gasteiger charge is -2.33. The highest BCUT2D eigenvalue weighted by atomic mass is 28.3. The van der Waals surface area contributed by atoms with E-state index >= 15 is 0 Å². The van der Waals surface area contributed by atoms with Crippen molar-refractivity contribution in [1.82, 2.24) is 4.90 Å². The van der Waals surface area contributed by atoms with Gasteiger partial charge in [-0.2, -0.15) is 0 Å². The maximum Gasteiger partial charge on any atom is 0.408 e. The highest BCUT2D eigenvalue weighted by molar-refractivity contribution is 6.82. The van der Waals surface area contributed by atoms with Crippen LogP contribution in [0.1, 0.15) is 44.7 Å². The summed E-state index contributed by atoms with van der Waals surface area (Å²) in [6.45, 7) is 15.2. The molecule has 0 aliphatic carbocycles. The summed E-state index contributed by atoms with van der Waals surface area (Å²) >= 11 is 0. The number of fused-ring (bicyclic) bond motifs is 1. The number of benzene rings is 2. The van der Waals surface area contributed by atoms with Crippen molar-refractivity contribution in [3.05, 3.63) is 59.8 Å². The van der Waals surface area contributed by atoms with E-state index in [1.54, 1.807) is 4.90 Å². The molecule has 4 heteroatoms. The Kier molecular flexibility index (Phi) is 6.87. The van der Waals surface area contributed by atoms with E-state index in [0.29, 0.717) is 0 Å². The number of hydrogen-bond donors (Lipinski definition) is 1. The van der Waals surface area contributed by atoms with Crippen molar-refractivity contribution < 1.29 is 9.90 Å². The maximum absolute atomic E-state index is 12.1. The highest BCUT2D eigenvalue weighted by Crippen LogP contribution is 2.31. The standard InChI is InChI=1S/C23H33NO2Si/c1-17(11-9-12-18(2)27(4,5)6)24(23(25)26)19(3)21-16-10-14-20-13-7-8-15-22(20)21/h7-8,10,13-17,19H,2,9,11-12H2,1,3-6H3,(H,25,26). The normalized spacial score (nSPS) is 14.0. The van der Waals surface area contributed by atoms with Crippen molar-refractivity contribution in [3.63, 3.8) is 0 Å². The largest absolute Gasteiger partial charge is 0.465 e. The van der Waals surface area contributed by atoms with Crippen molar-refractivity contribution in [2.45, 2.75) is 64.8 Å². The van der Waals surface area contributed by atoms with Gasteiger partial charge < -0.3 is 5.11 Å². The van der Waals surface area contributed by atoms with Gasteiger partial charge in [0.2, 0.25) is 0 Å². The van der Waals surface area contributed by atoms with Gasteiger partial charge in [-0.15, -0.1) is 6.58 Å². The van der Waals surface area contributed by atoms with Gasteiger partial charge in [0.05, 0.1) is 14.1 Å². The fourth-order valence-corrected chi connectivity index (χ4v) is 4.55. The second-order valence-corrected chi connectivity index (χ2v) is 13.7. The molecule has 0 aliphatic heterocycles. The van der Waals surface area contributed by atoms with Crippen molar-refractivity contribution in [3.8, 4) is 0 Å². The van der Waals surface area contributed by atoms with Gasteiger partial charge in [0.15, 0.2) is 0 Å². The molecule has 27 heavy (non-hydrogen) atoms. The van der Waals surface area contributed by atoms with Gasteiger partial charge in [-0.1, -0.05) is 67.3 Å². The summed E-state index contributed by atoms with van der Waals surface area (Å²) in [5.41, 5.74) is 1.06. The molecule has 2 unspecified atom stereocenters. The van der Waals surface area contributed by atoms with Gasteiger partial charge in [0.1, 0.15) is 0 Å². The lowest BCUT2D eigenvalue weighted by Crippen LogP contribution is -2.39. The minimum atomic E-state index is -1.31. The minimum Gasteiger partial charge on any atom is -0.465 e. The molecule has 0 saturated carbocycles. The molecule has 1 amide bonds. The molecular formula is C23H33NO2Si. The smallest absolute Gasteiger partial charge is 0.408 e. The molecule has 0 radical (unpaired) electrons. The first-order valence-electron chi connectivity index (χ1n) is 9.80. The predicted octanol–water partition coefficient (Wildman–Crippen LogP) is 6.87. The Hall–Kier alpha value is -2.07. The van der Waals surface area contributed by atoms with Gasteiger partial charge in [-0.25, -0.2) is 4.79 Å². The van der Waals surface area contributed by atoms with Crippen LogP contribution in [0.3, 0.4) is 0 Å². The molecule has 0 saturated heterocycles. The van der Waals surface area contributed by atoms with E-state index < -0.39 is 14.2 Å². The van der Waals surface area contributed by atoms with E-state index in [1.165, 1.54) is 5.20 Å². The summed E-state index contributed by atoms with van der Waals surface area (Å²) in [4.78, 5) is 13.7. The molecule has 0 aliphatic rings. The lowest BCUT2D eigenvalue weighted by atomic mass is 9.97. The van der Waals surface area contributed by atoms with Crippen LogP contribution >= 0.6 is 0 Å². The van der Waals surface area contributed by atoms with Crippen molar-refractivity contribution in [1.29, 1.82) is 0 Å². The fraction of sp³-hybridized carbons (Fsp3) is 0.435. The zero-order chi connectivity index (χ0) is 20.2. The number of carboxylic acid groups (broad SMARTS) is 1. The molecule has 146 valence electrons. The number of nitrogens with zero attached hydrogens (tertiary/aromatic N) is 1. The van der Waals surface area contributed by atoms with Crippen LogP contribution in [0, 0.1) is 0 Å². The van der Waals surface area contributed by atoms with Gasteiger partial charge in [-0.05, 0) is 49.4 Å². The van der Waals surface area contributed by atoms with Crippen LogP contribution in [0.4, 0.5) is 4.79 Å². The quantitative estimate of drug-likeness (QED) is 0.505. The lowest BCUT2D eigenvalue weighted by molar-refractivity contribution is 0.104. The molecule has 0 spiro atoms. The highest BCUT2D eigenvalue weighted by Gasteiger charge is 2.27. The molecule has 0 heterocycles. The van der Waals surface area contributed by atoms with E-state index in [-0.39, 0.29) is 12.1 Å². The monoisotopic (exact) mass is 383 g/mol. The second kappa shape index (κ2) is 8.74. The number of carbonyl (C=O) groups is 1. The minimum absolute atomic E-state index is 0.0362.